The molecule has 1 aliphatic rings. The van der Waals surface area contributed by atoms with Gasteiger partial charge in [0.05, 0.1) is 17.9 Å². The molecule has 1 unspecified atom stereocenters. The first kappa shape index (κ1) is 11.5. The number of likely N-dealkylation sites (N-methyl/N-ethyl adjacent to an activating group) is 1. The number of amides is 1. The molecular weight excluding hydrogens is 220 g/mol. The topological polar surface area (TPSA) is 82.7 Å². The van der Waals surface area contributed by atoms with Crippen LogP contribution in [0.25, 0.3) is 0 Å². The number of aromatic nitrogens is 1. The molecule has 2 rings (SSSR count). The first-order valence-electron chi connectivity index (χ1n) is 5.50. The van der Waals surface area contributed by atoms with Crippen LogP contribution in [-0.2, 0) is 0 Å². The molecule has 0 radical (unpaired) electrons. The zero-order chi connectivity index (χ0) is 12.4. The predicted octanol–water partition coefficient (Wildman–Crippen LogP) is 0.852. The molecule has 2 heterocycles. The van der Waals surface area contributed by atoms with Crippen LogP contribution in [0.5, 0.6) is 0 Å². The van der Waals surface area contributed by atoms with Gasteiger partial charge in [0.15, 0.2) is 0 Å². The fourth-order valence-corrected chi connectivity index (χ4v) is 2.01. The molecule has 1 aliphatic heterocycles. The largest absolute Gasteiger partial charge is 0.465 e. The number of carboxylic acid groups (broad SMARTS) is 1. The Kier molecular flexibility index (Phi) is 3.03. The SMILES string of the molecule is CN(C(=O)O)C1CCN(c2ccc(N)cn2)C1. The van der Waals surface area contributed by atoms with Gasteiger partial charge in [-0.1, -0.05) is 0 Å². The Labute approximate surface area is 99.7 Å². The van der Waals surface area contributed by atoms with Gasteiger partial charge in [-0.2, -0.15) is 0 Å². The van der Waals surface area contributed by atoms with Gasteiger partial charge in [0.1, 0.15) is 5.82 Å². The van der Waals surface area contributed by atoms with Crippen molar-refractivity contribution in [3.63, 3.8) is 0 Å². The van der Waals surface area contributed by atoms with E-state index in [0.717, 1.165) is 18.8 Å². The molecule has 6 nitrogen and oxygen atoms in total. The number of nitrogens with zero attached hydrogens (tertiary/aromatic N) is 3. The second kappa shape index (κ2) is 4.48. The highest BCUT2D eigenvalue weighted by atomic mass is 16.4. The summed E-state index contributed by atoms with van der Waals surface area (Å²) in [4.78, 5) is 18.5. The third kappa shape index (κ3) is 2.41. The van der Waals surface area contributed by atoms with Gasteiger partial charge in [0.25, 0.3) is 0 Å². The van der Waals surface area contributed by atoms with Crippen LogP contribution in [0.15, 0.2) is 18.3 Å². The second-order valence-electron chi connectivity index (χ2n) is 4.23. The number of nitrogen functional groups attached to an aromatic ring is 1. The smallest absolute Gasteiger partial charge is 0.407 e. The highest BCUT2D eigenvalue weighted by molar-refractivity contribution is 5.65. The van der Waals surface area contributed by atoms with E-state index < -0.39 is 6.09 Å². The molecule has 17 heavy (non-hydrogen) atoms. The molecule has 1 fully saturated rings. The lowest BCUT2D eigenvalue weighted by Gasteiger charge is -2.22. The average molecular weight is 236 g/mol. The average Bonchev–Trinajstić information content (AvgIpc) is 2.78. The van der Waals surface area contributed by atoms with Gasteiger partial charge in [-0.05, 0) is 18.6 Å². The molecule has 1 aromatic rings. The van der Waals surface area contributed by atoms with Crippen LogP contribution in [0.3, 0.4) is 0 Å². The van der Waals surface area contributed by atoms with Crippen molar-refractivity contribution in [2.75, 3.05) is 30.8 Å². The summed E-state index contributed by atoms with van der Waals surface area (Å²) in [6.07, 6.45) is 1.56. The fourth-order valence-electron chi connectivity index (χ4n) is 2.01. The van der Waals surface area contributed by atoms with Crippen molar-refractivity contribution in [1.82, 2.24) is 9.88 Å². The lowest BCUT2D eigenvalue weighted by atomic mass is 10.2. The van der Waals surface area contributed by atoms with Crippen molar-refractivity contribution < 1.29 is 9.90 Å². The molecule has 1 saturated heterocycles. The fraction of sp³-hybridized carbons (Fsp3) is 0.455. The van der Waals surface area contributed by atoms with Crippen LogP contribution in [0.2, 0.25) is 0 Å². The zero-order valence-electron chi connectivity index (χ0n) is 9.71. The van der Waals surface area contributed by atoms with E-state index in [4.69, 9.17) is 10.8 Å². The number of hydrogen-bond donors (Lipinski definition) is 2. The Morgan fingerprint density at radius 3 is 3.00 bits per heavy atom. The van der Waals surface area contributed by atoms with Crippen LogP contribution in [0.1, 0.15) is 6.42 Å². The third-order valence-electron chi connectivity index (χ3n) is 3.11. The minimum atomic E-state index is -0.887. The highest BCUT2D eigenvalue weighted by Gasteiger charge is 2.28. The monoisotopic (exact) mass is 236 g/mol. The van der Waals surface area contributed by atoms with Crippen molar-refractivity contribution in [2.24, 2.45) is 0 Å². The Bertz CT molecular complexity index is 406. The second-order valence-corrected chi connectivity index (χ2v) is 4.23. The van der Waals surface area contributed by atoms with E-state index in [1.807, 2.05) is 6.07 Å². The van der Waals surface area contributed by atoms with Crippen LogP contribution in [0, 0.1) is 0 Å². The summed E-state index contributed by atoms with van der Waals surface area (Å²) in [5.41, 5.74) is 6.21. The quantitative estimate of drug-likeness (QED) is 0.795. The number of carbonyl (C=O) groups is 1. The number of pyridine rings is 1. The van der Waals surface area contributed by atoms with E-state index in [9.17, 15) is 4.79 Å². The molecule has 6 heteroatoms. The molecule has 1 atom stereocenters. The van der Waals surface area contributed by atoms with Gasteiger partial charge in [0, 0.05) is 20.1 Å². The summed E-state index contributed by atoms with van der Waals surface area (Å²) in [6, 6.07) is 3.70. The van der Waals surface area contributed by atoms with E-state index in [1.165, 1.54) is 4.90 Å². The lowest BCUT2D eigenvalue weighted by Crippen LogP contribution is -2.38. The van der Waals surface area contributed by atoms with Gasteiger partial charge in [-0.15, -0.1) is 0 Å². The van der Waals surface area contributed by atoms with Gasteiger partial charge >= 0.3 is 6.09 Å². The lowest BCUT2D eigenvalue weighted by molar-refractivity contribution is 0.142. The Morgan fingerprint density at radius 1 is 1.65 bits per heavy atom. The molecule has 0 bridgehead atoms. The summed E-state index contributed by atoms with van der Waals surface area (Å²) in [7, 11) is 1.60. The van der Waals surface area contributed by atoms with Crippen molar-refractivity contribution in [1.29, 1.82) is 0 Å². The first-order valence-corrected chi connectivity index (χ1v) is 5.50. The number of hydrogen-bond acceptors (Lipinski definition) is 4. The molecular formula is C11H16N4O2. The van der Waals surface area contributed by atoms with E-state index in [-0.39, 0.29) is 6.04 Å². The molecule has 0 aliphatic carbocycles. The molecule has 1 amide bonds. The van der Waals surface area contributed by atoms with Gasteiger partial charge < -0.3 is 20.6 Å². The Hall–Kier alpha value is -1.98. The van der Waals surface area contributed by atoms with Crippen molar-refractivity contribution in [2.45, 2.75) is 12.5 Å². The number of anilines is 2. The maximum absolute atomic E-state index is 10.8. The maximum Gasteiger partial charge on any atom is 0.407 e. The third-order valence-corrected chi connectivity index (χ3v) is 3.11. The number of rotatable bonds is 2. The summed E-state index contributed by atoms with van der Waals surface area (Å²) >= 11 is 0. The van der Waals surface area contributed by atoms with Crippen LogP contribution in [0.4, 0.5) is 16.3 Å². The first-order chi connectivity index (χ1) is 8.08. The molecule has 0 spiro atoms. The van der Waals surface area contributed by atoms with Gasteiger partial charge in [-0.3, -0.25) is 0 Å². The van der Waals surface area contributed by atoms with E-state index in [1.54, 1.807) is 19.3 Å². The van der Waals surface area contributed by atoms with Crippen molar-refractivity contribution in [3.8, 4) is 0 Å². The molecule has 92 valence electrons. The minimum Gasteiger partial charge on any atom is -0.465 e. The number of nitrogens with two attached hydrogens (primary N) is 1. The summed E-state index contributed by atoms with van der Waals surface area (Å²) in [6.45, 7) is 1.50. The van der Waals surface area contributed by atoms with Crippen molar-refractivity contribution >= 4 is 17.6 Å². The predicted molar refractivity (Wildman–Crippen MR) is 65.1 cm³/mol. The van der Waals surface area contributed by atoms with Gasteiger partial charge in [-0.25, -0.2) is 9.78 Å². The molecule has 0 saturated carbocycles. The van der Waals surface area contributed by atoms with Crippen molar-refractivity contribution in [3.05, 3.63) is 18.3 Å². The summed E-state index contributed by atoms with van der Waals surface area (Å²) in [5, 5.41) is 8.91. The van der Waals surface area contributed by atoms with E-state index in [2.05, 4.69) is 9.88 Å². The highest BCUT2D eigenvalue weighted by Crippen LogP contribution is 2.21. The Balaban J connectivity index is 2.02. The van der Waals surface area contributed by atoms with Crippen LogP contribution < -0.4 is 10.6 Å². The zero-order valence-corrected chi connectivity index (χ0v) is 9.71. The van der Waals surface area contributed by atoms with Gasteiger partial charge in [0.2, 0.25) is 0 Å². The van der Waals surface area contributed by atoms with Crippen LogP contribution in [-0.4, -0.2) is 47.3 Å². The van der Waals surface area contributed by atoms with E-state index >= 15 is 0 Å². The maximum atomic E-state index is 10.8. The molecule has 1 aromatic heterocycles. The van der Waals surface area contributed by atoms with Crippen LogP contribution >= 0.6 is 0 Å². The standard InChI is InChI=1S/C11H16N4O2/c1-14(11(16)17)9-4-5-15(7-9)10-3-2-8(12)6-13-10/h2-3,6,9H,4-5,7,12H2,1H3,(H,16,17). The summed E-state index contributed by atoms with van der Waals surface area (Å²) in [5.74, 6) is 0.848. The molecule has 0 aromatic carbocycles. The Morgan fingerprint density at radius 2 is 2.41 bits per heavy atom. The molecule has 3 N–H and O–H groups in total. The normalized spacial score (nSPS) is 19.4. The summed E-state index contributed by atoms with van der Waals surface area (Å²) < 4.78 is 0. The minimum absolute atomic E-state index is 0.0341. The van der Waals surface area contributed by atoms with E-state index in [0.29, 0.717) is 12.2 Å².